The number of nitrogens with one attached hydrogen (secondary N) is 1. The van der Waals surface area contributed by atoms with Crippen LogP contribution in [0.3, 0.4) is 0 Å². The topological polar surface area (TPSA) is 55.4 Å². The lowest BCUT2D eigenvalue weighted by atomic mass is 10.1. The first-order valence-electron chi connectivity index (χ1n) is 5.99. The van der Waals surface area contributed by atoms with Crippen LogP contribution in [0, 0.1) is 0 Å². The summed E-state index contributed by atoms with van der Waals surface area (Å²) in [6.07, 6.45) is -0.358. The summed E-state index contributed by atoms with van der Waals surface area (Å²) in [6.45, 7) is 5.24. The van der Waals surface area contributed by atoms with E-state index in [2.05, 4.69) is 5.32 Å². The van der Waals surface area contributed by atoms with Gasteiger partial charge in [-0.05, 0) is 38.5 Å². The van der Waals surface area contributed by atoms with Crippen LogP contribution in [0.4, 0.5) is 4.79 Å². The van der Waals surface area contributed by atoms with Crippen molar-refractivity contribution >= 4 is 23.5 Å². The van der Waals surface area contributed by atoms with Crippen molar-refractivity contribution in [2.75, 3.05) is 6.54 Å². The molecule has 1 aromatic rings. The number of ketones is 1. The van der Waals surface area contributed by atoms with Gasteiger partial charge in [0.2, 0.25) is 0 Å². The Labute approximate surface area is 118 Å². The van der Waals surface area contributed by atoms with Crippen molar-refractivity contribution in [3.05, 3.63) is 34.9 Å². The summed E-state index contributed by atoms with van der Waals surface area (Å²) in [5.74, 6) is -0.104. The van der Waals surface area contributed by atoms with Crippen LogP contribution in [0.1, 0.15) is 26.3 Å². The first-order chi connectivity index (χ1) is 8.76. The summed E-state index contributed by atoms with van der Waals surface area (Å²) in [4.78, 5) is 23.0. The van der Waals surface area contributed by atoms with Crippen LogP contribution in [0.15, 0.2) is 24.3 Å². The van der Waals surface area contributed by atoms with Crippen LogP contribution >= 0.6 is 11.6 Å². The van der Waals surface area contributed by atoms with Gasteiger partial charge in [-0.3, -0.25) is 4.79 Å². The Bertz CT molecular complexity index is 466. The van der Waals surface area contributed by atoms with Crippen LogP contribution in [0.2, 0.25) is 5.02 Å². The number of alkyl carbamates (subject to hydrolysis) is 1. The standard InChI is InChI=1S/C14H18ClNO3/c1-14(2,3)19-13(18)16-9-12(17)8-10-5-4-6-11(15)7-10/h4-7H,8-9H2,1-3H3,(H,16,18). The van der Waals surface area contributed by atoms with E-state index in [9.17, 15) is 9.59 Å². The van der Waals surface area contributed by atoms with Crippen molar-refractivity contribution in [2.45, 2.75) is 32.8 Å². The molecule has 19 heavy (non-hydrogen) atoms. The van der Waals surface area contributed by atoms with Gasteiger partial charge in [0.05, 0.1) is 6.54 Å². The van der Waals surface area contributed by atoms with Crippen molar-refractivity contribution in [3.63, 3.8) is 0 Å². The highest BCUT2D eigenvalue weighted by molar-refractivity contribution is 6.30. The largest absolute Gasteiger partial charge is 0.444 e. The van der Waals surface area contributed by atoms with Crippen LogP contribution in [-0.4, -0.2) is 24.0 Å². The molecule has 1 N–H and O–H groups in total. The van der Waals surface area contributed by atoms with Gasteiger partial charge in [-0.15, -0.1) is 0 Å². The van der Waals surface area contributed by atoms with Gasteiger partial charge in [0.25, 0.3) is 0 Å². The molecule has 0 bridgehead atoms. The second kappa shape index (κ2) is 6.57. The molecule has 0 aliphatic rings. The number of benzene rings is 1. The minimum atomic E-state index is -0.591. The lowest BCUT2D eigenvalue weighted by molar-refractivity contribution is -0.117. The lowest BCUT2D eigenvalue weighted by Crippen LogP contribution is -2.35. The fraction of sp³-hybridized carbons (Fsp3) is 0.429. The third-order valence-electron chi connectivity index (χ3n) is 2.12. The number of Topliss-reactive ketones (excluding diaryl/α,β-unsaturated/α-hetero) is 1. The second-order valence-electron chi connectivity index (χ2n) is 5.20. The molecule has 0 atom stereocenters. The fourth-order valence-corrected chi connectivity index (χ4v) is 1.63. The molecule has 0 spiro atoms. The average molecular weight is 284 g/mol. The maximum Gasteiger partial charge on any atom is 0.408 e. The Hall–Kier alpha value is -1.55. The lowest BCUT2D eigenvalue weighted by Gasteiger charge is -2.19. The maximum absolute atomic E-state index is 11.7. The molecule has 0 saturated carbocycles. The minimum Gasteiger partial charge on any atom is -0.444 e. The molecule has 0 heterocycles. The molecule has 1 rings (SSSR count). The van der Waals surface area contributed by atoms with E-state index in [0.29, 0.717) is 5.02 Å². The minimum absolute atomic E-state index is 0.0541. The number of amides is 1. The normalized spacial score (nSPS) is 10.9. The monoisotopic (exact) mass is 283 g/mol. The number of carbonyl (C=O) groups is 2. The SMILES string of the molecule is CC(C)(C)OC(=O)NCC(=O)Cc1cccc(Cl)c1. The smallest absolute Gasteiger partial charge is 0.408 e. The molecule has 0 aliphatic heterocycles. The van der Waals surface area contributed by atoms with Crippen molar-refractivity contribution in [1.82, 2.24) is 5.32 Å². The zero-order chi connectivity index (χ0) is 14.5. The van der Waals surface area contributed by atoms with Crippen LogP contribution in [-0.2, 0) is 16.0 Å². The van der Waals surface area contributed by atoms with E-state index in [0.717, 1.165) is 5.56 Å². The Morgan fingerprint density at radius 3 is 2.58 bits per heavy atom. The molecular formula is C14H18ClNO3. The quantitative estimate of drug-likeness (QED) is 0.924. The van der Waals surface area contributed by atoms with Crippen LogP contribution < -0.4 is 5.32 Å². The highest BCUT2D eigenvalue weighted by Crippen LogP contribution is 2.11. The number of carbonyl (C=O) groups excluding carboxylic acids is 2. The highest BCUT2D eigenvalue weighted by Gasteiger charge is 2.16. The third-order valence-corrected chi connectivity index (χ3v) is 2.35. The molecule has 104 valence electrons. The summed E-state index contributed by atoms with van der Waals surface area (Å²) in [7, 11) is 0. The van der Waals surface area contributed by atoms with Gasteiger partial charge >= 0.3 is 6.09 Å². The van der Waals surface area contributed by atoms with Gasteiger partial charge in [-0.25, -0.2) is 4.79 Å². The summed E-state index contributed by atoms with van der Waals surface area (Å²) < 4.78 is 5.03. The van der Waals surface area contributed by atoms with E-state index >= 15 is 0 Å². The molecule has 0 aromatic heterocycles. The van der Waals surface area contributed by atoms with Crippen molar-refractivity contribution in [2.24, 2.45) is 0 Å². The molecule has 0 saturated heterocycles. The third kappa shape index (κ3) is 6.82. The average Bonchev–Trinajstić information content (AvgIpc) is 2.24. The molecule has 1 aromatic carbocycles. The first-order valence-corrected chi connectivity index (χ1v) is 6.37. The predicted octanol–water partition coefficient (Wildman–Crippen LogP) is 2.98. The van der Waals surface area contributed by atoms with E-state index in [1.807, 2.05) is 6.07 Å². The molecule has 5 heteroatoms. The van der Waals surface area contributed by atoms with Gasteiger partial charge in [-0.1, -0.05) is 23.7 Å². The van der Waals surface area contributed by atoms with Crippen molar-refractivity contribution < 1.29 is 14.3 Å². The number of rotatable bonds is 4. The Morgan fingerprint density at radius 2 is 2.00 bits per heavy atom. The van der Waals surface area contributed by atoms with Crippen LogP contribution in [0.5, 0.6) is 0 Å². The summed E-state index contributed by atoms with van der Waals surface area (Å²) in [5, 5.41) is 3.02. The Kier molecular flexibility index (Phi) is 5.36. The van der Waals surface area contributed by atoms with Crippen molar-refractivity contribution in [3.8, 4) is 0 Å². The first kappa shape index (κ1) is 15.5. The van der Waals surface area contributed by atoms with E-state index in [1.54, 1.807) is 39.0 Å². The molecule has 0 fully saturated rings. The van der Waals surface area contributed by atoms with E-state index in [4.69, 9.17) is 16.3 Å². The van der Waals surface area contributed by atoms with Gasteiger partial charge in [-0.2, -0.15) is 0 Å². The molecule has 0 aliphatic carbocycles. The van der Waals surface area contributed by atoms with Crippen LogP contribution in [0.25, 0.3) is 0 Å². The summed E-state index contributed by atoms with van der Waals surface area (Å²) >= 11 is 5.83. The molecule has 4 nitrogen and oxygen atoms in total. The Morgan fingerprint density at radius 1 is 1.32 bits per heavy atom. The van der Waals surface area contributed by atoms with Gasteiger partial charge in [0, 0.05) is 11.4 Å². The number of ether oxygens (including phenoxy) is 1. The van der Waals surface area contributed by atoms with Gasteiger partial charge < -0.3 is 10.1 Å². The predicted molar refractivity (Wildman–Crippen MR) is 74.4 cm³/mol. The van der Waals surface area contributed by atoms with Gasteiger partial charge in [0.1, 0.15) is 5.60 Å². The number of hydrogen-bond acceptors (Lipinski definition) is 3. The van der Waals surface area contributed by atoms with Crippen molar-refractivity contribution in [1.29, 1.82) is 0 Å². The molecule has 0 radical (unpaired) electrons. The highest BCUT2D eigenvalue weighted by atomic mass is 35.5. The zero-order valence-corrected chi connectivity index (χ0v) is 12.1. The Balaban J connectivity index is 2.38. The maximum atomic E-state index is 11.7. The molecule has 1 amide bonds. The van der Waals surface area contributed by atoms with Gasteiger partial charge in [0.15, 0.2) is 5.78 Å². The van der Waals surface area contributed by atoms with E-state index in [1.165, 1.54) is 0 Å². The molecular weight excluding hydrogens is 266 g/mol. The van der Waals surface area contributed by atoms with E-state index < -0.39 is 11.7 Å². The summed E-state index contributed by atoms with van der Waals surface area (Å²) in [5.41, 5.74) is 0.253. The second-order valence-corrected chi connectivity index (χ2v) is 5.64. The molecule has 0 unspecified atom stereocenters. The summed E-state index contributed by atoms with van der Waals surface area (Å²) in [6, 6.07) is 7.07. The number of hydrogen-bond donors (Lipinski definition) is 1. The zero-order valence-electron chi connectivity index (χ0n) is 11.3. The number of halogens is 1. The fourth-order valence-electron chi connectivity index (χ4n) is 1.42. The van der Waals surface area contributed by atoms with E-state index in [-0.39, 0.29) is 18.7 Å².